The topological polar surface area (TPSA) is 240 Å². The lowest BCUT2D eigenvalue weighted by Gasteiger charge is -2.35. The monoisotopic (exact) mass is 1100 g/mol. The van der Waals surface area contributed by atoms with Crippen LogP contribution in [0.2, 0.25) is 0 Å². The highest BCUT2D eigenvalue weighted by Gasteiger charge is 2.42. The predicted molar refractivity (Wildman–Crippen MR) is 293 cm³/mol. The number of aromatic nitrogens is 3. The van der Waals surface area contributed by atoms with Crippen molar-refractivity contribution < 1.29 is 51.3 Å². The number of nitrogens with zero attached hydrogens (tertiary/aromatic N) is 4. The summed E-state index contributed by atoms with van der Waals surface area (Å²) < 4.78 is 61.5. The molecular formula is C55H68N8O12S2. The van der Waals surface area contributed by atoms with Gasteiger partial charge in [-0.15, -0.1) is 11.3 Å². The third kappa shape index (κ3) is 15.1. The van der Waals surface area contributed by atoms with E-state index in [1.54, 1.807) is 60.7 Å². The molecule has 3 heterocycles. The Hall–Kier alpha value is -7.11. The average Bonchev–Trinajstić information content (AvgIpc) is 4.16. The molecule has 1 fully saturated rings. The van der Waals surface area contributed by atoms with Crippen LogP contribution >= 0.6 is 11.3 Å². The van der Waals surface area contributed by atoms with Crippen molar-refractivity contribution in [1.29, 1.82) is 0 Å². The number of carbonyl (C=O) groups is 4. The molecule has 4 N–H and O–H groups in total. The molecule has 22 heteroatoms. The molecule has 1 aliphatic heterocycles. The fraction of sp³-hybridized carbons (Fsp3) is 0.418. The van der Waals surface area contributed by atoms with Gasteiger partial charge in [-0.25, -0.2) is 18.2 Å². The molecule has 20 nitrogen and oxygen atoms in total. The van der Waals surface area contributed by atoms with Crippen LogP contribution in [0, 0.1) is 12.3 Å². The number of fused-ring (bicyclic) bond motifs is 1. The number of amides is 4. The maximum atomic E-state index is 13.9. The van der Waals surface area contributed by atoms with Crippen LogP contribution in [0.25, 0.3) is 21.5 Å². The molecule has 4 amide bonds. The van der Waals surface area contributed by atoms with Gasteiger partial charge in [0.05, 0.1) is 77.3 Å². The highest BCUT2D eigenvalue weighted by molar-refractivity contribution is 7.92. The van der Waals surface area contributed by atoms with Gasteiger partial charge in [0, 0.05) is 51.4 Å². The maximum absolute atomic E-state index is 13.9. The van der Waals surface area contributed by atoms with E-state index < -0.39 is 39.3 Å². The van der Waals surface area contributed by atoms with Gasteiger partial charge in [0.1, 0.15) is 30.2 Å². The van der Waals surface area contributed by atoms with Crippen LogP contribution in [-0.2, 0) is 59.3 Å². The van der Waals surface area contributed by atoms with E-state index in [4.69, 9.17) is 23.7 Å². The van der Waals surface area contributed by atoms with E-state index in [1.807, 2.05) is 64.4 Å². The summed E-state index contributed by atoms with van der Waals surface area (Å²) in [4.78, 5) is 72.9. The van der Waals surface area contributed by atoms with Crippen LogP contribution in [0.5, 0.6) is 17.2 Å². The molecule has 7 rings (SSSR count). The van der Waals surface area contributed by atoms with Crippen LogP contribution in [0.1, 0.15) is 68.6 Å². The first-order valence-corrected chi connectivity index (χ1v) is 27.8. The Morgan fingerprint density at radius 1 is 0.831 bits per heavy atom. The van der Waals surface area contributed by atoms with Crippen molar-refractivity contribution in [2.45, 2.75) is 77.4 Å². The highest BCUT2D eigenvalue weighted by atomic mass is 32.2. The molecule has 4 aromatic carbocycles. The van der Waals surface area contributed by atoms with Crippen molar-refractivity contribution in [1.82, 2.24) is 35.0 Å². The predicted octanol–water partition coefficient (Wildman–Crippen LogP) is 6.31. The number of benzene rings is 4. The number of hydrogen-bond donors (Lipinski definition) is 4. The number of ether oxygens (including phenoxy) is 5. The van der Waals surface area contributed by atoms with Crippen LogP contribution in [0.4, 0.5) is 5.69 Å². The summed E-state index contributed by atoms with van der Waals surface area (Å²) in [6.07, 6.45) is 2.01. The number of anilines is 1. The normalized spacial score (nSPS) is 14.1. The van der Waals surface area contributed by atoms with Crippen LogP contribution < -0.4 is 35.8 Å². The second kappa shape index (κ2) is 26.3. The largest absolute Gasteiger partial charge is 0.493 e. The first-order chi connectivity index (χ1) is 36.8. The van der Waals surface area contributed by atoms with Crippen molar-refractivity contribution in [3.05, 3.63) is 118 Å². The van der Waals surface area contributed by atoms with E-state index in [0.717, 1.165) is 28.1 Å². The third-order valence-electron chi connectivity index (χ3n) is 12.7. The van der Waals surface area contributed by atoms with Crippen LogP contribution in [0.15, 0.2) is 100 Å². The Morgan fingerprint density at radius 3 is 2.18 bits per heavy atom. The summed E-state index contributed by atoms with van der Waals surface area (Å²) in [6, 6.07) is 21.9. The lowest BCUT2D eigenvalue weighted by Crippen LogP contribution is -2.58. The van der Waals surface area contributed by atoms with Gasteiger partial charge in [-0.2, -0.15) is 0 Å². The van der Waals surface area contributed by atoms with E-state index in [9.17, 15) is 32.4 Å². The summed E-state index contributed by atoms with van der Waals surface area (Å²) >= 11 is 1.58. The van der Waals surface area contributed by atoms with E-state index in [1.165, 1.54) is 39.5 Å². The molecule has 2 atom stereocenters. The summed E-state index contributed by atoms with van der Waals surface area (Å²) in [5.41, 5.74) is 5.17. The lowest BCUT2D eigenvalue weighted by molar-refractivity contribution is -0.144. The molecule has 77 heavy (non-hydrogen) atoms. The van der Waals surface area contributed by atoms with Crippen LogP contribution in [0.3, 0.4) is 0 Å². The smallest absolute Gasteiger partial charge is 0.328 e. The summed E-state index contributed by atoms with van der Waals surface area (Å²) in [5, 5.41) is 8.57. The van der Waals surface area contributed by atoms with Crippen molar-refractivity contribution in [2.75, 3.05) is 64.1 Å². The fourth-order valence-electron chi connectivity index (χ4n) is 8.58. The standard InChI is InChI=1S/C55H68N8O12S2/c1-8-24-74-40-11-9-12-41(30-40)75-47-32-46-45(61(6)54(68)62(46)7)31-43(47)60-77(69,70)42-20-18-39(19-21-42)51(65)56-22-25-71-26-27-72-28-29-73-34-48(64)59-50(55(3,4)5)53(67)63-23-10-13-44(63)52(66)57-33-37-14-16-38(17-15-37)49-36(2)58-35-76-49/h9,11-12,14-21,30-32,35,44,50,60H,8,10,13,22-29,33-34H2,1-7H3,(H,56,65)(H,57,66)(H,59,64)/t44-,50?/m0/s1. The minimum absolute atomic E-state index is 0.0917. The Balaban J connectivity index is 0.788. The molecule has 6 aromatic rings. The third-order valence-corrected chi connectivity index (χ3v) is 15.1. The van der Waals surface area contributed by atoms with E-state index in [0.29, 0.717) is 55.1 Å². The van der Waals surface area contributed by atoms with Gasteiger partial charge >= 0.3 is 5.69 Å². The number of carbonyl (C=O) groups excluding carboxylic acids is 4. The second-order valence-corrected chi connectivity index (χ2v) is 22.1. The maximum Gasteiger partial charge on any atom is 0.328 e. The number of sulfonamides is 1. The van der Waals surface area contributed by atoms with Crippen molar-refractivity contribution in [3.63, 3.8) is 0 Å². The Kier molecular flexibility index (Phi) is 19.7. The zero-order valence-corrected chi connectivity index (χ0v) is 46.1. The van der Waals surface area contributed by atoms with E-state index in [-0.39, 0.29) is 85.6 Å². The van der Waals surface area contributed by atoms with Gasteiger partial charge in [0.2, 0.25) is 17.7 Å². The number of nitrogens with one attached hydrogen (secondary N) is 4. The molecule has 1 saturated heterocycles. The first kappa shape index (κ1) is 57.6. The molecule has 0 spiro atoms. The van der Waals surface area contributed by atoms with Gasteiger partial charge in [-0.1, -0.05) is 58.0 Å². The molecule has 0 saturated carbocycles. The molecule has 0 radical (unpaired) electrons. The van der Waals surface area contributed by atoms with E-state index in [2.05, 4.69) is 25.7 Å². The number of likely N-dealkylation sites (tertiary alicyclic amines) is 1. The molecule has 412 valence electrons. The quantitative estimate of drug-likeness (QED) is 0.0436. The number of thiazole rings is 1. The summed E-state index contributed by atoms with van der Waals surface area (Å²) in [7, 11) is -1.00. The molecule has 1 aliphatic rings. The molecule has 1 unspecified atom stereocenters. The Labute approximate surface area is 452 Å². The van der Waals surface area contributed by atoms with Crippen LogP contribution in [-0.4, -0.2) is 122 Å². The van der Waals surface area contributed by atoms with Gasteiger partial charge in [-0.3, -0.25) is 33.0 Å². The fourth-order valence-corrected chi connectivity index (χ4v) is 10.5. The summed E-state index contributed by atoms with van der Waals surface area (Å²) in [6.45, 7) is 11.6. The summed E-state index contributed by atoms with van der Waals surface area (Å²) in [5.74, 6) is -0.326. The molecule has 2 aromatic heterocycles. The number of imidazole rings is 1. The molecule has 0 bridgehead atoms. The molecular weight excluding hydrogens is 1030 g/mol. The number of rotatable bonds is 26. The average molecular weight is 1100 g/mol. The highest BCUT2D eigenvalue weighted by Crippen LogP contribution is 2.36. The van der Waals surface area contributed by atoms with Gasteiger partial charge in [0.15, 0.2) is 5.75 Å². The van der Waals surface area contributed by atoms with Gasteiger partial charge in [0.25, 0.3) is 15.9 Å². The lowest BCUT2D eigenvalue weighted by atomic mass is 9.85. The minimum atomic E-state index is -4.21. The minimum Gasteiger partial charge on any atom is -0.493 e. The van der Waals surface area contributed by atoms with Crippen molar-refractivity contribution >= 4 is 61.7 Å². The van der Waals surface area contributed by atoms with Gasteiger partial charge < -0.3 is 44.5 Å². The zero-order chi connectivity index (χ0) is 55.3. The second-order valence-electron chi connectivity index (χ2n) is 19.6. The molecule has 0 aliphatic carbocycles. The Morgan fingerprint density at radius 2 is 1.51 bits per heavy atom. The number of aryl methyl sites for hydroxylation is 3. The number of hydrogen-bond acceptors (Lipinski definition) is 14. The SMILES string of the molecule is CCCOc1cccc(Oc2cc3c(cc2NS(=O)(=O)c2ccc(C(=O)NCCOCCOCCOCC(=O)NC(C(=O)N4CCC[C@H]4C(=O)NCc4ccc(-c5scnc5C)cc4)C(C)(C)C)cc2)n(C)c(=O)n3C)c1. The van der Waals surface area contributed by atoms with Crippen molar-refractivity contribution in [3.8, 4) is 27.7 Å². The van der Waals surface area contributed by atoms with Crippen molar-refractivity contribution in [2.24, 2.45) is 19.5 Å². The first-order valence-electron chi connectivity index (χ1n) is 25.5. The van der Waals surface area contributed by atoms with E-state index >= 15 is 0 Å². The van der Waals surface area contributed by atoms with Gasteiger partial charge in [-0.05, 0) is 85.2 Å². The zero-order valence-electron chi connectivity index (χ0n) is 44.5. The Bertz CT molecular complexity index is 3190.